The summed E-state index contributed by atoms with van der Waals surface area (Å²) in [6.45, 7) is 8.18. The van der Waals surface area contributed by atoms with E-state index in [1.165, 1.54) is 0 Å². The smallest absolute Gasteiger partial charge is 0.261 e. The van der Waals surface area contributed by atoms with E-state index in [-0.39, 0.29) is 11.9 Å². The van der Waals surface area contributed by atoms with Gasteiger partial charge in [-0.15, -0.1) is 0 Å². The highest BCUT2D eigenvalue weighted by Gasteiger charge is 2.22. The van der Waals surface area contributed by atoms with E-state index < -0.39 is 6.10 Å². The number of methoxy groups -OCH3 is 1. The van der Waals surface area contributed by atoms with Crippen LogP contribution in [-0.4, -0.2) is 19.1 Å². The normalized spacial score (nSPS) is 13.1. The lowest BCUT2D eigenvalue weighted by atomic mass is 9.96. The molecule has 2 aromatic carbocycles. The second-order valence-corrected chi connectivity index (χ2v) is 7.19. The van der Waals surface area contributed by atoms with Crippen LogP contribution in [0, 0.1) is 5.92 Å². The minimum atomic E-state index is -0.564. The summed E-state index contributed by atoms with van der Waals surface area (Å²) in [5.41, 5.74) is 2.17. The lowest BCUT2D eigenvalue weighted by molar-refractivity contribution is -0.128. The Morgan fingerprint density at radius 2 is 1.70 bits per heavy atom. The summed E-state index contributed by atoms with van der Waals surface area (Å²) in [5, 5.41) is 3.15. The molecule has 27 heavy (non-hydrogen) atoms. The zero-order valence-electron chi connectivity index (χ0n) is 17.0. The Balaban J connectivity index is 2.09. The van der Waals surface area contributed by atoms with Crippen molar-refractivity contribution in [1.82, 2.24) is 5.32 Å². The minimum absolute atomic E-state index is 0.0594. The molecule has 0 aliphatic heterocycles. The molecule has 2 atom stereocenters. The van der Waals surface area contributed by atoms with Crippen molar-refractivity contribution in [1.29, 1.82) is 0 Å². The van der Waals surface area contributed by atoms with Gasteiger partial charge in [-0.05, 0) is 55.0 Å². The number of carbonyl (C=O) groups excluding carboxylic acids is 1. The summed E-state index contributed by atoms with van der Waals surface area (Å²) in [6.07, 6.45) is 1.16. The molecule has 0 saturated heterocycles. The standard InChI is InChI=1S/C23H31NO3/c1-6-18-9-7-8-10-22(18)27-17(4)23(25)24-21(15-16(2)3)19-11-13-20(26-5)14-12-19/h7-14,16-17,21H,6,15H2,1-5H3,(H,24,25)/t17-,21+/m0/s1. The third kappa shape index (κ3) is 6.02. The van der Waals surface area contributed by atoms with Crippen LogP contribution in [0.1, 0.15) is 51.3 Å². The molecule has 2 rings (SSSR count). The zero-order valence-corrected chi connectivity index (χ0v) is 17.0. The molecular formula is C23H31NO3. The number of para-hydroxylation sites is 1. The first kappa shape index (κ1) is 20.8. The van der Waals surface area contributed by atoms with Crippen LogP contribution < -0.4 is 14.8 Å². The van der Waals surface area contributed by atoms with E-state index in [0.29, 0.717) is 5.92 Å². The van der Waals surface area contributed by atoms with Crippen LogP contribution in [0.4, 0.5) is 0 Å². The third-order valence-corrected chi connectivity index (χ3v) is 4.57. The van der Waals surface area contributed by atoms with Crippen LogP contribution in [0.3, 0.4) is 0 Å². The highest BCUT2D eigenvalue weighted by atomic mass is 16.5. The topological polar surface area (TPSA) is 47.6 Å². The summed E-state index contributed by atoms with van der Waals surface area (Å²) in [7, 11) is 1.65. The summed E-state index contributed by atoms with van der Waals surface area (Å²) in [6, 6.07) is 15.6. The molecule has 0 aliphatic rings. The predicted molar refractivity (Wildman–Crippen MR) is 109 cm³/mol. The van der Waals surface area contributed by atoms with Crippen molar-refractivity contribution in [3.63, 3.8) is 0 Å². The molecule has 0 radical (unpaired) electrons. The van der Waals surface area contributed by atoms with Crippen molar-refractivity contribution in [2.75, 3.05) is 7.11 Å². The Morgan fingerprint density at radius 1 is 1.04 bits per heavy atom. The monoisotopic (exact) mass is 369 g/mol. The summed E-state index contributed by atoms with van der Waals surface area (Å²) in [5.74, 6) is 1.92. The van der Waals surface area contributed by atoms with Gasteiger partial charge in [-0.2, -0.15) is 0 Å². The van der Waals surface area contributed by atoms with Crippen LogP contribution in [0.5, 0.6) is 11.5 Å². The van der Waals surface area contributed by atoms with Crippen LogP contribution in [0.15, 0.2) is 48.5 Å². The first-order chi connectivity index (χ1) is 12.9. The van der Waals surface area contributed by atoms with Crippen LogP contribution >= 0.6 is 0 Å². The van der Waals surface area contributed by atoms with Gasteiger partial charge in [-0.3, -0.25) is 4.79 Å². The predicted octanol–water partition coefficient (Wildman–Crippen LogP) is 4.93. The molecule has 1 N–H and O–H groups in total. The minimum Gasteiger partial charge on any atom is -0.497 e. The first-order valence-electron chi connectivity index (χ1n) is 9.63. The third-order valence-electron chi connectivity index (χ3n) is 4.57. The van der Waals surface area contributed by atoms with Crippen LogP contribution in [-0.2, 0) is 11.2 Å². The lowest BCUT2D eigenvalue weighted by Gasteiger charge is -2.24. The van der Waals surface area contributed by atoms with E-state index in [0.717, 1.165) is 35.5 Å². The van der Waals surface area contributed by atoms with Gasteiger partial charge in [0.05, 0.1) is 13.2 Å². The van der Waals surface area contributed by atoms with E-state index in [1.54, 1.807) is 14.0 Å². The maximum absolute atomic E-state index is 12.8. The fraction of sp³-hybridized carbons (Fsp3) is 0.435. The average Bonchev–Trinajstić information content (AvgIpc) is 2.67. The molecule has 0 spiro atoms. The van der Waals surface area contributed by atoms with Crippen molar-refractivity contribution in [3.8, 4) is 11.5 Å². The summed E-state index contributed by atoms with van der Waals surface area (Å²) >= 11 is 0. The second kappa shape index (κ2) is 10.0. The fourth-order valence-corrected chi connectivity index (χ4v) is 3.03. The van der Waals surface area contributed by atoms with E-state index in [4.69, 9.17) is 9.47 Å². The molecule has 0 bridgehead atoms. The molecule has 0 aliphatic carbocycles. The maximum Gasteiger partial charge on any atom is 0.261 e. The van der Waals surface area contributed by atoms with Crippen LogP contribution in [0.2, 0.25) is 0 Å². The largest absolute Gasteiger partial charge is 0.497 e. The van der Waals surface area contributed by atoms with Gasteiger partial charge in [0.25, 0.3) is 5.91 Å². The van der Waals surface area contributed by atoms with Crippen molar-refractivity contribution < 1.29 is 14.3 Å². The zero-order chi connectivity index (χ0) is 19.8. The highest BCUT2D eigenvalue weighted by Crippen LogP contribution is 2.24. The Hall–Kier alpha value is -2.49. The molecule has 4 nitrogen and oxygen atoms in total. The SMILES string of the molecule is CCc1ccccc1O[C@@H](C)C(=O)N[C@H](CC(C)C)c1ccc(OC)cc1. The molecule has 2 aromatic rings. The molecule has 0 heterocycles. The average molecular weight is 370 g/mol. The quantitative estimate of drug-likeness (QED) is 0.682. The molecule has 0 fully saturated rings. The van der Waals surface area contributed by atoms with E-state index >= 15 is 0 Å². The van der Waals surface area contributed by atoms with Gasteiger partial charge in [0, 0.05) is 0 Å². The summed E-state index contributed by atoms with van der Waals surface area (Å²) in [4.78, 5) is 12.8. The van der Waals surface area contributed by atoms with Gasteiger partial charge in [0.15, 0.2) is 6.10 Å². The van der Waals surface area contributed by atoms with E-state index in [1.807, 2.05) is 48.5 Å². The lowest BCUT2D eigenvalue weighted by Crippen LogP contribution is -2.39. The number of aryl methyl sites for hydroxylation is 1. The van der Waals surface area contributed by atoms with Crippen molar-refractivity contribution in [2.45, 2.75) is 52.7 Å². The number of hydrogen-bond acceptors (Lipinski definition) is 3. The molecule has 0 aromatic heterocycles. The number of nitrogens with one attached hydrogen (secondary N) is 1. The van der Waals surface area contributed by atoms with E-state index in [2.05, 4.69) is 26.1 Å². The van der Waals surface area contributed by atoms with Gasteiger partial charge >= 0.3 is 0 Å². The van der Waals surface area contributed by atoms with Gasteiger partial charge in [-0.1, -0.05) is 51.1 Å². The fourth-order valence-electron chi connectivity index (χ4n) is 3.03. The Labute approximate surface area is 162 Å². The Morgan fingerprint density at radius 3 is 2.30 bits per heavy atom. The molecule has 4 heteroatoms. The van der Waals surface area contributed by atoms with Crippen molar-refractivity contribution in [3.05, 3.63) is 59.7 Å². The number of rotatable bonds is 9. The number of benzene rings is 2. The van der Waals surface area contributed by atoms with Gasteiger partial charge in [-0.25, -0.2) is 0 Å². The number of hydrogen-bond donors (Lipinski definition) is 1. The first-order valence-corrected chi connectivity index (χ1v) is 9.63. The molecular weight excluding hydrogens is 338 g/mol. The molecule has 0 unspecified atom stereocenters. The van der Waals surface area contributed by atoms with Crippen LogP contribution in [0.25, 0.3) is 0 Å². The Bertz CT molecular complexity index is 725. The summed E-state index contributed by atoms with van der Waals surface area (Å²) < 4.78 is 11.2. The Kier molecular flexibility index (Phi) is 7.71. The molecule has 1 amide bonds. The molecule has 0 saturated carbocycles. The second-order valence-electron chi connectivity index (χ2n) is 7.19. The van der Waals surface area contributed by atoms with Gasteiger partial charge < -0.3 is 14.8 Å². The van der Waals surface area contributed by atoms with Crippen molar-refractivity contribution in [2.24, 2.45) is 5.92 Å². The maximum atomic E-state index is 12.8. The van der Waals surface area contributed by atoms with Gasteiger partial charge in [0.1, 0.15) is 11.5 Å². The highest BCUT2D eigenvalue weighted by molar-refractivity contribution is 5.81. The number of carbonyl (C=O) groups is 1. The van der Waals surface area contributed by atoms with Gasteiger partial charge in [0.2, 0.25) is 0 Å². The number of ether oxygens (including phenoxy) is 2. The van der Waals surface area contributed by atoms with Crippen molar-refractivity contribution >= 4 is 5.91 Å². The number of amides is 1. The molecule has 146 valence electrons. The van der Waals surface area contributed by atoms with E-state index in [9.17, 15) is 4.79 Å².